The minimum Gasteiger partial charge on any atom is -0.371 e. The Kier molecular flexibility index (Phi) is 6.16. The van der Waals surface area contributed by atoms with Crippen LogP contribution in [0, 0.1) is 6.92 Å². The minimum atomic E-state index is -3.35. The van der Waals surface area contributed by atoms with Gasteiger partial charge in [-0.2, -0.15) is 0 Å². The van der Waals surface area contributed by atoms with Crippen LogP contribution < -0.4 is 10.4 Å². The number of hydrogen-bond acceptors (Lipinski definition) is 5. The van der Waals surface area contributed by atoms with Crippen LogP contribution >= 0.6 is 0 Å². The number of piperidine rings is 1. The van der Waals surface area contributed by atoms with E-state index in [1.807, 2.05) is 43.3 Å². The highest BCUT2D eigenvalue weighted by Gasteiger charge is 2.32. The fourth-order valence-electron chi connectivity index (χ4n) is 3.58. The molecule has 0 spiro atoms. The number of sulfone groups is 1. The molecule has 2 aromatic carbocycles. The Morgan fingerprint density at radius 2 is 1.75 bits per heavy atom. The van der Waals surface area contributed by atoms with Gasteiger partial charge < -0.3 is 4.90 Å². The van der Waals surface area contributed by atoms with E-state index in [2.05, 4.69) is 4.90 Å². The first kappa shape index (κ1) is 20.1. The molecule has 0 atom stereocenters. The Morgan fingerprint density at radius 1 is 1.11 bits per heavy atom. The Bertz CT molecular complexity index is 977. The standard InChI is InChI=1S/C21H24N2O4S/c1-16-6-2-5-9-20(16)28(26,27)18-12-14-23(15-13-18)19-8-4-3-7-17(19)10-11-21(24)22-25/h2-11,18,25H,12-15H2,1H3,(H,22,24)/b11-10+. The highest BCUT2D eigenvalue weighted by atomic mass is 32.2. The van der Waals surface area contributed by atoms with Crippen LogP contribution in [0.1, 0.15) is 24.0 Å². The summed E-state index contributed by atoms with van der Waals surface area (Å²) < 4.78 is 26.1. The van der Waals surface area contributed by atoms with Gasteiger partial charge in [-0.15, -0.1) is 0 Å². The molecule has 2 aromatic rings. The molecule has 1 aliphatic rings. The van der Waals surface area contributed by atoms with E-state index in [9.17, 15) is 13.2 Å². The maximum absolute atomic E-state index is 13.0. The molecule has 2 N–H and O–H groups in total. The van der Waals surface area contributed by atoms with Crippen LogP contribution in [-0.4, -0.2) is 37.9 Å². The maximum atomic E-state index is 13.0. The number of nitrogens with zero attached hydrogens (tertiary/aromatic N) is 1. The quantitative estimate of drug-likeness (QED) is 0.458. The van der Waals surface area contributed by atoms with Gasteiger partial charge in [0.25, 0.3) is 5.91 Å². The second-order valence-electron chi connectivity index (χ2n) is 6.87. The van der Waals surface area contributed by atoms with Gasteiger partial charge in [0.15, 0.2) is 9.84 Å². The molecule has 0 aromatic heterocycles. The molecule has 1 fully saturated rings. The molecule has 1 aliphatic heterocycles. The fourth-order valence-corrected chi connectivity index (χ4v) is 5.56. The monoisotopic (exact) mass is 400 g/mol. The molecular weight excluding hydrogens is 376 g/mol. The summed E-state index contributed by atoms with van der Waals surface area (Å²) in [5.41, 5.74) is 4.13. The molecule has 1 amide bonds. The van der Waals surface area contributed by atoms with Gasteiger partial charge >= 0.3 is 0 Å². The van der Waals surface area contributed by atoms with E-state index in [-0.39, 0.29) is 0 Å². The van der Waals surface area contributed by atoms with Crippen molar-refractivity contribution in [2.45, 2.75) is 29.9 Å². The van der Waals surface area contributed by atoms with Gasteiger partial charge in [-0.25, -0.2) is 13.9 Å². The van der Waals surface area contributed by atoms with Gasteiger partial charge in [0.1, 0.15) is 0 Å². The minimum absolute atomic E-state index is 0.396. The van der Waals surface area contributed by atoms with Crippen molar-refractivity contribution in [1.29, 1.82) is 0 Å². The molecule has 1 heterocycles. The van der Waals surface area contributed by atoms with Crippen molar-refractivity contribution >= 4 is 27.5 Å². The van der Waals surface area contributed by atoms with E-state index >= 15 is 0 Å². The molecule has 0 bridgehead atoms. The van der Waals surface area contributed by atoms with Crippen LogP contribution in [0.5, 0.6) is 0 Å². The predicted molar refractivity (Wildman–Crippen MR) is 109 cm³/mol. The smallest absolute Gasteiger partial charge is 0.267 e. The summed E-state index contributed by atoms with van der Waals surface area (Å²) in [6.45, 7) is 3.06. The van der Waals surface area contributed by atoms with Gasteiger partial charge in [-0.3, -0.25) is 10.0 Å². The highest BCUT2D eigenvalue weighted by molar-refractivity contribution is 7.92. The first-order chi connectivity index (χ1) is 13.4. The lowest BCUT2D eigenvalue weighted by Crippen LogP contribution is -2.39. The van der Waals surface area contributed by atoms with Crippen LogP contribution in [0.2, 0.25) is 0 Å². The number of benzene rings is 2. The normalized spacial score (nSPS) is 15.7. The lowest BCUT2D eigenvalue weighted by Gasteiger charge is -2.34. The molecule has 28 heavy (non-hydrogen) atoms. The largest absolute Gasteiger partial charge is 0.371 e. The van der Waals surface area contributed by atoms with Crippen molar-refractivity contribution in [3.8, 4) is 0 Å². The molecule has 3 rings (SSSR count). The van der Waals surface area contributed by atoms with Gasteiger partial charge in [-0.05, 0) is 49.1 Å². The fraction of sp³-hybridized carbons (Fsp3) is 0.286. The zero-order valence-corrected chi connectivity index (χ0v) is 16.5. The first-order valence-electron chi connectivity index (χ1n) is 9.19. The van der Waals surface area contributed by atoms with Gasteiger partial charge in [0.05, 0.1) is 10.1 Å². The van der Waals surface area contributed by atoms with Crippen molar-refractivity contribution in [1.82, 2.24) is 5.48 Å². The Hall–Kier alpha value is -2.64. The number of amides is 1. The molecule has 0 radical (unpaired) electrons. The van der Waals surface area contributed by atoms with Crippen molar-refractivity contribution < 1.29 is 18.4 Å². The van der Waals surface area contributed by atoms with Crippen molar-refractivity contribution in [2.24, 2.45) is 0 Å². The van der Waals surface area contributed by atoms with E-state index in [0.29, 0.717) is 30.8 Å². The second kappa shape index (κ2) is 8.58. The summed E-state index contributed by atoms with van der Waals surface area (Å²) in [7, 11) is -3.35. The molecule has 1 saturated heterocycles. The van der Waals surface area contributed by atoms with E-state index in [1.54, 1.807) is 23.7 Å². The SMILES string of the molecule is Cc1ccccc1S(=O)(=O)C1CCN(c2ccccc2/C=C/C(=O)NO)CC1. The van der Waals surface area contributed by atoms with E-state index < -0.39 is 21.0 Å². The zero-order chi connectivity index (χ0) is 20.1. The van der Waals surface area contributed by atoms with Gasteiger partial charge in [0.2, 0.25) is 0 Å². The molecule has 0 saturated carbocycles. The summed E-state index contributed by atoms with van der Waals surface area (Å²) in [5.74, 6) is -0.599. The highest BCUT2D eigenvalue weighted by Crippen LogP contribution is 2.30. The number of para-hydroxylation sites is 1. The van der Waals surface area contributed by atoms with Crippen LogP contribution in [0.25, 0.3) is 6.08 Å². The average Bonchev–Trinajstić information content (AvgIpc) is 2.72. The third-order valence-electron chi connectivity index (χ3n) is 5.08. The summed E-state index contributed by atoms with van der Waals surface area (Å²) in [5, 5.41) is 8.24. The topological polar surface area (TPSA) is 86.7 Å². The summed E-state index contributed by atoms with van der Waals surface area (Å²) in [4.78, 5) is 13.8. The Labute approximate surface area is 165 Å². The van der Waals surface area contributed by atoms with E-state index in [1.165, 1.54) is 6.08 Å². The average molecular weight is 401 g/mol. The van der Waals surface area contributed by atoms with Crippen LogP contribution in [0.15, 0.2) is 59.5 Å². The molecule has 0 aliphatic carbocycles. The van der Waals surface area contributed by atoms with E-state index in [4.69, 9.17) is 5.21 Å². The number of rotatable bonds is 5. The molecule has 7 heteroatoms. The molecule has 148 valence electrons. The third-order valence-corrected chi connectivity index (χ3v) is 7.50. The van der Waals surface area contributed by atoms with Crippen molar-refractivity contribution in [3.05, 3.63) is 65.7 Å². The third kappa shape index (κ3) is 4.26. The molecule has 6 nitrogen and oxygen atoms in total. The lowest BCUT2D eigenvalue weighted by molar-refractivity contribution is -0.124. The molecular formula is C21H24N2O4S. The number of hydrogen-bond donors (Lipinski definition) is 2. The summed E-state index contributed by atoms with van der Waals surface area (Å²) in [6.07, 6.45) is 3.99. The Balaban J connectivity index is 1.75. The number of anilines is 1. The van der Waals surface area contributed by atoms with Crippen molar-refractivity contribution in [3.63, 3.8) is 0 Å². The van der Waals surface area contributed by atoms with Crippen molar-refractivity contribution in [2.75, 3.05) is 18.0 Å². The number of aryl methyl sites for hydroxylation is 1. The first-order valence-corrected chi connectivity index (χ1v) is 10.7. The number of nitrogens with one attached hydrogen (secondary N) is 1. The van der Waals surface area contributed by atoms with Crippen LogP contribution in [-0.2, 0) is 14.6 Å². The van der Waals surface area contributed by atoms with Crippen LogP contribution in [0.3, 0.4) is 0 Å². The number of carbonyl (C=O) groups is 1. The Morgan fingerprint density at radius 3 is 2.43 bits per heavy atom. The summed E-state index contributed by atoms with van der Waals surface area (Å²) in [6, 6.07) is 14.7. The second-order valence-corrected chi connectivity index (χ2v) is 9.06. The lowest BCUT2D eigenvalue weighted by atomic mass is 10.1. The maximum Gasteiger partial charge on any atom is 0.267 e. The summed E-state index contributed by atoms with van der Waals surface area (Å²) >= 11 is 0. The molecule has 0 unspecified atom stereocenters. The number of carbonyl (C=O) groups excluding carboxylic acids is 1. The zero-order valence-electron chi connectivity index (χ0n) is 15.7. The van der Waals surface area contributed by atoms with E-state index in [0.717, 1.165) is 16.8 Å². The number of hydroxylamine groups is 1. The van der Waals surface area contributed by atoms with Crippen LogP contribution in [0.4, 0.5) is 5.69 Å². The van der Waals surface area contributed by atoms with Gasteiger partial charge in [-0.1, -0.05) is 36.4 Å². The van der Waals surface area contributed by atoms with Gasteiger partial charge in [0, 0.05) is 24.9 Å². The predicted octanol–water partition coefficient (Wildman–Crippen LogP) is 2.96.